The second kappa shape index (κ2) is 5.24. The summed E-state index contributed by atoms with van der Waals surface area (Å²) in [4.78, 5) is 0. The molecule has 18 heavy (non-hydrogen) atoms. The van der Waals surface area contributed by atoms with Gasteiger partial charge in [0.05, 0.1) is 5.52 Å². The average Bonchev–Trinajstić information content (AvgIpc) is 2.64. The van der Waals surface area contributed by atoms with Gasteiger partial charge in [-0.2, -0.15) is 8.78 Å². The summed E-state index contributed by atoms with van der Waals surface area (Å²) in [6.45, 7) is 2.04. The lowest BCUT2D eigenvalue weighted by Crippen LogP contribution is -2.21. The van der Waals surface area contributed by atoms with E-state index in [0.29, 0.717) is 23.1 Å². The average molecular weight is 273 g/mol. The smallest absolute Gasteiger partial charge is 0.310 e. The van der Waals surface area contributed by atoms with Gasteiger partial charge in [-0.1, -0.05) is 31.5 Å². The zero-order valence-electron chi connectivity index (χ0n) is 10.3. The van der Waals surface area contributed by atoms with E-state index < -0.39 is 6.55 Å². The fourth-order valence-electron chi connectivity index (χ4n) is 1.91. The Morgan fingerprint density at radius 1 is 1.33 bits per heavy atom. The van der Waals surface area contributed by atoms with Gasteiger partial charge in [-0.15, -0.1) is 0 Å². The Morgan fingerprint density at radius 3 is 2.67 bits per heavy atom. The van der Waals surface area contributed by atoms with Crippen LogP contribution < -0.4 is 5.32 Å². The lowest BCUT2D eigenvalue weighted by atomic mass is 10.1. The van der Waals surface area contributed by atoms with Crippen LogP contribution in [0.3, 0.4) is 0 Å². The van der Waals surface area contributed by atoms with Gasteiger partial charge in [0.1, 0.15) is 0 Å². The monoisotopic (exact) mass is 272 g/mol. The summed E-state index contributed by atoms with van der Waals surface area (Å²) in [5, 5.41) is 4.51. The number of aromatic nitrogens is 1. The third kappa shape index (κ3) is 2.65. The van der Waals surface area contributed by atoms with Crippen molar-refractivity contribution in [3.63, 3.8) is 0 Å². The van der Waals surface area contributed by atoms with Crippen LogP contribution in [0.25, 0.3) is 10.9 Å². The third-order valence-corrected chi connectivity index (χ3v) is 3.02. The molecule has 0 aliphatic heterocycles. The van der Waals surface area contributed by atoms with Crippen molar-refractivity contribution in [2.75, 3.05) is 0 Å². The Kier molecular flexibility index (Phi) is 3.88. The molecule has 0 bridgehead atoms. The minimum atomic E-state index is -2.56. The van der Waals surface area contributed by atoms with E-state index in [1.807, 2.05) is 13.8 Å². The minimum Gasteiger partial charge on any atom is -0.310 e. The molecule has 2 aromatic rings. The first-order chi connectivity index (χ1) is 8.49. The van der Waals surface area contributed by atoms with E-state index in [1.165, 1.54) is 6.20 Å². The predicted molar refractivity (Wildman–Crippen MR) is 70.2 cm³/mol. The van der Waals surface area contributed by atoms with Crippen LogP contribution >= 0.6 is 11.6 Å². The summed E-state index contributed by atoms with van der Waals surface area (Å²) in [5.41, 5.74) is 1.33. The summed E-state index contributed by atoms with van der Waals surface area (Å²) < 4.78 is 26.8. The van der Waals surface area contributed by atoms with E-state index in [4.69, 9.17) is 11.6 Å². The molecule has 2 rings (SSSR count). The van der Waals surface area contributed by atoms with Crippen molar-refractivity contribution in [2.24, 2.45) is 0 Å². The van der Waals surface area contributed by atoms with Crippen molar-refractivity contribution >= 4 is 22.5 Å². The molecule has 0 spiro atoms. The lowest BCUT2D eigenvalue weighted by molar-refractivity contribution is 0.0750. The van der Waals surface area contributed by atoms with Crippen LogP contribution in [0, 0.1) is 0 Å². The highest BCUT2D eigenvalue weighted by Gasteiger charge is 2.14. The van der Waals surface area contributed by atoms with Gasteiger partial charge in [-0.3, -0.25) is 4.57 Å². The SMILES string of the molecule is CC(C)NCc1cn(C(F)F)c2cc(Cl)ccc12. The summed E-state index contributed by atoms with van der Waals surface area (Å²) in [5.74, 6) is 0. The molecule has 1 N–H and O–H groups in total. The number of fused-ring (bicyclic) bond motifs is 1. The summed E-state index contributed by atoms with van der Waals surface area (Å²) in [6.07, 6.45) is 1.49. The molecule has 98 valence electrons. The highest BCUT2D eigenvalue weighted by atomic mass is 35.5. The molecule has 0 saturated heterocycles. The van der Waals surface area contributed by atoms with Gasteiger partial charge in [0.15, 0.2) is 0 Å². The maximum atomic E-state index is 12.9. The van der Waals surface area contributed by atoms with Crippen LogP contribution in [0.2, 0.25) is 5.02 Å². The van der Waals surface area contributed by atoms with Gasteiger partial charge in [0.25, 0.3) is 0 Å². The van der Waals surface area contributed by atoms with Crippen LogP contribution in [0.1, 0.15) is 26.0 Å². The number of hydrogen-bond donors (Lipinski definition) is 1. The van der Waals surface area contributed by atoms with Crippen molar-refractivity contribution in [2.45, 2.75) is 33.0 Å². The van der Waals surface area contributed by atoms with Crippen LogP contribution in [-0.4, -0.2) is 10.6 Å². The molecule has 0 saturated carbocycles. The topological polar surface area (TPSA) is 17.0 Å². The number of benzene rings is 1. The molecule has 1 aromatic heterocycles. The van der Waals surface area contributed by atoms with Crippen molar-refractivity contribution < 1.29 is 8.78 Å². The van der Waals surface area contributed by atoms with E-state index >= 15 is 0 Å². The van der Waals surface area contributed by atoms with Gasteiger partial charge < -0.3 is 5.32 Å². The Morgan fingerprint density at radius 2 is 2.06 bits per heavy atom. The molecule has 1 heterocycles. The second-order valence-electron chi connectivity index (χ2n) is 4.54. The zero-order valence-corrected chi connectivity index (χ0v) is 11.0. The summed E-state index contributed by atoms with van der Waals surface area (Å²) in [6, 6.07) is 5.39. The fourth-order valence-corrected chi connectivity index (χ4v) is 2.08. The predicted octanol–water partition coefficient (Wildman–Crippen LogP) is 4.19. The molecule has 0 atom stereocenters. The van der Waals surface area contributed by atoms with Crippen LogP contribution in [-0.2, 0) is 6.54 Å². The van der Waals surface area contributed by atoms with Gasteiger partial charge in [0, 0.05) is 29.2 Å². The Labute approximate surface area is 110 Å². The molecule has 0 amide bonds. The molecule has 2 nitrogen and oxygen atoms in total. The Bertz CT molecular complexity index is 549. The van der Waals surface area contributed by atoms with E-state index in [0.717, 1.165) is 15.5 Å². The van der Waals surface area contributed by atoms with E-state index in [9.17, 15) is 8.78 Å². The molecule has 0 aliphatic carbocycles. The number of hydrogen-bond acceptors (Lipinski definition) is 1. The second-order valence-corrected chi connectivity index (χ2v) is 4.97. The maximum Gasteiger partial charge on any atom is 0.319 e. The van der Waals surface area contributed by atoms with Gasteiger partial charge in [-0.25, -0.2) is 0 Å². The Hall–Kier alpha value is -1.13. The normalized spacial score (nSPS) is 11.9. The standard InChI is InChI=1S/C13H15ClF2N2/c1-8(2)17-6-9-7-18(13(15)16)12-5-10(14)3-4-11(9)12/h3-5,7-8,13,17H,6H2,1-2H3. The van der Waals surface area contributed by atoms with Gasteiger partial charge in [0.2, 0.25) is 0 Å². The van der Waals surface area contributed by atoms with Crippen LogP contribution in [0.15, 0.2) is 24.4 Å². The van der Waals surface area contributed by atoms with Crippen molar-refractivity contribution in [1.29, 1.82) is 0 Å². The maximum absolute atomic E-state index is 12.9. The quantitative estimate of drug-likeness (QED) is 0.883. The molecule has 0 radical (unpaired) electrons. The lowest BCUT2D eigenvalue weighted by Gasteiger charge is -2.06. The van der Waals surface area contributed by atoms with Crippen LogP contribution in [0.5, 0.6) is 0 Å². The highest BCUT2D eigenvalue weighted by Crippen LogP contribution is 2.28. The van der Waals surface area contributed by atoms with Crippen molar-refractivity contribution in [3.8, 4) is 0 Å². The first-order valence-corrected chi connectivity index (χ1v) is 6.17. The Balaban J connectivity index is 2.47. The number of halogens is 3. The molecule has 0 fully saturated rings. The minimum absolute atomic E-state index is 0.308. The van der Waals surface area contributed by atoms with E-state index in [-0.39, 0.29) is 0 Å². The molecule has 0 aliphatic rings. The molecular formula is C13H15ClF2N2. The molecule has 0 unspecified atom stereocenters. The van der Waals surface area contributed by atoms with E-state index in [1.54, 1.807) is 18.2 Å². The van der Waals surface area contributed by atoms with Crippen molar-refractivity contribution in [3.05, 3.63) is 35.0 Å². The third-order valence-electron chi connectivity index (χ3n) is 2.79. The van der Waals surface area contributed by atoms with E-state index in [2.05, 4.69) is 5.32 Å². The molecule has 5 heteroatoms. The summed E-state index contributed by atoms with van der Waals surface area (Å²) in [7, 11) is 0. The first kappa shape index (κ1) is 13.3. The van der Waals surface area contributed by atoms with Crippen LogP contribution in [0.4, 0.5) is 8.78 Å². The fraction of sp³-hybridized carbons (Fsp3) is 0.385. The molecular weight excluding hydrogens is 258 g/mol. The van der Waals surface area contributed by atoms with Crippen molar-refractivity contribution in [1.82, 2.24) is 9.88 Å². The zero-order chi connectivity index (χ0) is 13.3. The molecule has 1 aromatic carbocycles. The number of rotatable bonds is 4. The highest BCUT2D eigenvalue weighted by molar-refractivity contribution is 6.31. The number of nitrogens with one attached hydrogen (secondary N) is 1. The largest absolute Gasteiger partial charge is 0.319 e. The summed E-state index contributed by atoms with van der Waals surface area (Å²) >= 11 is 5.86. The number of alkyl halides is 2. The number of nitrogens with zero attached hydrogens (tertiary/aromatic N) is 1. The first-order valence-electron chi connectivity index (χ1n) is 5.79. The van der Waals surface area contributed by atoms with Gasteiger partial charge in [-0.05, 0) is 17.7 Å². The van der Waals surface area contributed by atoms with Gasteiger partial charge >= 0.3 is 6.55 Å².